The fraction of sp³-hybridized carbons (Fsp3) is 0.444. The molecule has 2 aromatic rings. The van der Waals surface area contributed by atoms with Gasteiger partial charge in [0, 0.05) is 41.2 Å². The lowest BCUT2D eigenvalue weighted by molar-refractivity contribution is 0.475. The van der Waals surface area contributed by atoms with Gasteiger partial charge in [0.25, 0.3) is 5.56 Å². The fourth-order valence-corrected chi connectivity index (χ4v) is 4.09. The van der Waals surface area contributed by atoms with Crippen LogP contribution in [0, 0.1) is 5.92 Å². The van der Waals surface area contributed by atoms with Gasteiger partial charge in [0.15, 0.2) is 0 Å². The topological polar surface area (TPSA) is 34.9 Å². The van der Waals surface area contributed by atoms with Crippen LogP contribution in [0.4, 0.5) is 0 Å². The van der Waals surface area contributed by atoms with E-state index in [9.17, 15) is 4.79 Å². The molecular formula is C18H20N2OS. The molecule has 0 bridgehead atoms. The Kier molecular flexibility index (Phi) is 3.19. The third-order valence-electron chi connectivity index (χ3n) is 4.82. The largest absolute Gasteiger partial charge is 0.303 e. The van der Waals surface area contributed by atoms with Gasteiger partial charge in [0.2, 0.25) is 0 Å². The second-order valence-electron chi connectivity index (χ2n) is 6.94. The van der Waals surface area contributed by atoms with E-state index in [1.807, 2.05) is 10.8 Å². The van der Waals surface area contributed by atoms with Crippen LogP contribution in [0.15, 0.2) is 40.3 Å². The van der Waals surface area contributed by atoms with Crippen LogP contribution in [0.2, 0.25) is 0 Å². The van der Waals surface area contributed by atoms with Gasteiger partial charge in [0.05, 0.1) is 5.03 Å². The summed E-state index contributed by atoms with van der Waals surface area (Å²) in [7, 11) is 0. The second-order valence-corrected chi connectivity index (χ2v) is 7.98. The highest BCUT2D eigenvalue weighted by Crippen LogP contribution is 2.46. The lowest BCUT2D eigenvalue weighted by Crippen LogP contribution is -2.28. The summed E-state index contributed by atoms with van der Waals surface area (Å²) in [5.41, 5.74) is 3.59. The van der Waals surface area contributed by atoms with Crippen LogP contribution >= 0.6 is 11.8 Å². The van der Waals surface area contributed by atoms with Crippen LogP contribution in [-0.4, -0.2) is 15.3 Å². The van der Waals surface area contributed by atoms with Crippen LogP contribution in [0.25, 0.3) is 11.1 Å². The minimum absolute atomic E-state index is 0.102. The molecule has 1 atom stereocenters. The molecule has 0 spiro atoms. The van der Waals surface area contributed by atoms with E-state index in [1.165, 1.54) is 18.5 Å². The Morgan fingerprint density at radius 2 is 2.09 bits per heavy atom. The van der Waals surface area contributed by atoms with Crippen LogP contribution in [-0.2, 0) is 12.0 Å². The zero-order valence-corrected chi connectivity index (χ0v) is 13.8. The lowest BCUT2D eigenvalue weighted by atomic mass is 10.0. The average molecular weight is 312 g/mol. The summed E-state index contributed by atoms with van der Waals surface area (Å²) in [5.74, 6) is 1.64. The smallest absolute Gasteiger partial charge is 0.252 e. The molecule has 0 amide bonds. The van der Waals surface area contributed by atoms with E-state index in [1.54, 1.807) is 17.8 Å². The van der Waals surface area contributed by atoms with E-state index >= 15 is 0 Å². The first-order valence-corrected chi connectivity index (χ1v) is 8.88. The minimum Gasteiger partial charge on any atom is -0.303 e. The van der Waals surface area contributed by atoms with Crippen LogP contribution in [0.5, 0.6) is 0 Å². The normalized spacial score (nSPS) is 22.2. The van der Waals surface area contributed by atoms with Gasteiger partial charge in [-0.2, -0.15) is 0 Å². The first-order valence-electron chi connectivity index (χ1n) is 7.90. The van der Waals surface area contributed by atoms with Crippen molar-refractivity contribution < 1.29 is 0 Å². The predicted octanol–water partition coefficient (Wildman–Crippen LogP) is 3.70. The SMILES string of the molecule is CC1CSc2cc(-c3ccc(C4(C)CC4)nc3)cc(=O)n2C1. The number of pyridine rings is 2. The fourth-order valence-electron chi connectivity index (χ4n) is 3.00. The zero-order valence-electron chi connectivity index (χ0n) is 13.0. The monoisotopic (exact) mass is 312 g/mol. The molecule has 22 heavy (non-hydrogen) atoms. The molecule has 0 N–H and O–H groups in total. The standard InChI is InChI=1S/C18H20N2OS/c1-12-10-20-16(21)7-14(8-17(20)22-11-12)13-3-4-15(19-9-13)18(2)5-6-18/h3-4,7-9,12H,5-6,10-11H2,1-2H3. The molecule has 1 fully saturated rings. The summed E-state index contributed by atoms with van der Waals surface area (Å²) < 4.78 is 1.90. The maximum atomic E-state index is 12.4. The highest BCUT2D eigenvalue weighted by atomic mass is 32.2. The van der Waals surface area contributed by atoms with Gasteiger partial charge in [-0.15, -0.1) is 11.8 Å². The highest BCUT2D eigenvalue weighted by Gasteiger charge is 2.40. The van der Waals surface area contributed by atoms with E-state index in [-0.39, 0.29) is 5.56 Å². The van der Waals surface area contributed by atoms with Crippen molar-refractivity contribution in [3.8, 4) is 11.1 Å². The third kappa shape index (κ3) is 2.39. The Bertz CT molecular complexity index is 775. The molecule has 114 valence electrons. The number of nitrogens with zero attached hydrogens (tertiary/aromatic N) is 2. The van der Waals surface area contributed by atoms with Crippen molar-refractivity contribution in [1.29, 1.82) is 0 Å². The number of rotatable bonds is 2. The molecule has 1 unspecified atom stereocenters. The van der Waals surface area contributed by atoms with E-state index in [4.69, 9.17) is 0 Å². The van der Waals surface area contributed by atoms with E-state index in [0.717, 1.165) is 28.5 Å². The molecule has 2 aromatic heterocycles. The quantitative estimate of drug-likeness (QED) is 0.848. The Labute approximate surface area is 134 Å². The summed E-state index contributed by atoms with van der Waals surface area (Å²) in [6.45, 7) is 5.28. The molecule has 4 heteroatoms. The van der Waals surface area contributed by atoms with Crippen molar-refractivity contribution in [3.05, 3.63) is 46.5 Å². The second kappa shape index (κ2) is 4.98. The lowest BCUT2D eigenvalue weighted by Gasteiger charge is -2.23. The van der Waals surface area contributed by atoms with Crippen molar-refractivity contribution in [2.45, 2.75) is 43.7 Å². The summed E-state index contributed by atoms with van der Waals surface area (Å²) in [4.78, 5) is 17.0. The van der Waals surface area contributed by atoms with Gasteiger partial charge in [-0.25, -0.2) is 0 Å². The van der Waals surface area contributed by atoms with E-state index in [2.05, 4.69) is 37.0 Å². The maximum Gasteiger partial charge on any atom is 0.252 e. The average Bonchev–Trinajstić information content (AvgIpc) is 3.27. The Morgan fingerprint density at radius 1 is 1.27 bits per heavy atom. The van der Waals surface area contributed by atoms with Crippen molar-refractivity contribution in [3.63, 3.8) is 0 Å². The molecule has 0 aromatic carbocycles. The molecule has 0 saturated heterocycles. The van der Waals surface area contributed by atoms with Gasteiger partial charge in [0.1, 0.15) is 0 Å². The van der Waals surface area contributed by atoms with Crippen molar-refractivity contribution >= 4 is 11.8 Å². The first-order chi connectivity index (χ1) is 10.5. The van der Waals surface area contributed by atoms with Crippen molar-refractivity contribution in [1.82, 2.24) is 9.55 Å². The van der Waals surface area contributed by atoms with E-state index < -0.39 is 0 Å². The number of fused-ring (bicyclic) bond motifs is 1. The van der Waals surface area contributed by atoms with Crippen LogP contribution in [0.1, 0.15) is 32.4 Å². The molecule has 0 radical (unpaired) electrons. The molecule has 1 aliphatic carbocycles. The minimum atomic E-state index is 0.102. The molecular weight excluding hydrogens is 292 g/mol. The maximum absolute atomic E-state index is 12.4. The summed E-state index contributed by atoms with van der Waals surface area (Å²) in [6, 6.07) is 8.10. The summed E-state index contributed by atoms with van der Waals surface area (Å²) >= 11 is 1.78. The first kappa shape index (κ1) is 14.1. The van der Waals surface area contributed by atoms with E-state index in [0.29, 0.717) is 11.3 Å². The molecule has 4 rings (SSSR count). The molecule has 2 aliphatic rings. The van der Waals surface area contributed by atoms with Crippen LogP contribution in [0.3, 0.4) is 0 Å². The molecule has 1 aliphatic heterocycles. The van der Waals surface area contributed by atoms with Gasteiger partial charge < -0.3 is 4.57 Å². The van der Waals surface area contributed by atoms with Gasteiger partial charge in [-0.1, -0.05) is 19.9 Å². The van der Waals surface area contributed by atoms with Crippen molar-refractivity contribution in [2.24, 2.45) is 5.92 Å². The van der Waals surface area contributed by atoms with Crippen molar-refractivity contribution in [2.75, 3.05) is 5.75 Å². The number of hydrogen-bond acceptors (Lipinski definition) is 3. The Hall–Kier alpha value is -1.55. The summed E-state index contributed by atoms with van der Waals surface area (Å²) in [6.07, 6.45) is 4.38. The van der Waals surface area contributed by atoms with Gasteiger partial charge in [-0.05, 0) is 36.5 Å². The molecule has 3 nitrogen and oxygen atoms in total. The number of aromatic nitrogens is 2. The summed E-state index contributed by atoms with van der Waals surface area (Å²) in [5, 5.41) is 1.08. The Morgan fingerprint density at radius 3 is 2.77 bits per heavy atom. The highest BCUT2D eigenvalue weighted by molar-refractivity contribution is 7.99. The van der Waals surface area contributed by atoms with Crippen LogP contribution < -0.4 is 5.56 Å². The number of thioether (sulfide) groups is 1. The zero-order chi connectivity index (χ0) is 15.3. The van der Waals surface area contributed by atoms with Gasteiger partial charge >= 0.3 is 0 Å². The third-order valence-corrected chi connectivity index (χ3v) is 6.18. The van der Waals surface area contributed by atoms with Gasteiger partial charge in [-0.3, -0.25) is 9.78 Å². The molecule has 3 heterocycles. The Balaban J connectivity index is 1.71. The number of hydrogen-bond donors (Lipinski definition) is 0. The predicted molar refractivity (Wildman–Crippen MR) is 90.4 cm³/mol. The molecule has 1 saturated carbocycles.